The molecule has 2 saturated heterocycles. The van der Waals surface area contributed by atoms with Crippen molar-refractivity contribution in [2.75, 3.05) is 48.4 Å². The second-order valence-electron chi connectivity index (χ2n) is 7.91. The summed E-state index contributed by atoms with van der Waals surface area (Å²) in [6, 6.07) is 7.73. The molecule has 1 aromatic carbocycles. The molecule has 0 spiro atoms. The van der Waals surface area contributed by atoms with Crippen LogP contribution in [0.4, 0.5) is 11.5 Å². The molecule has 8 heteroatoms. The molecule has 2 aliphatic rings. The lowest BCUT2D eigenvalue weighted by molar-refractivity contribution is 0.0530. The number of hydrogen-bond donors (Lipinski definition) is 1. The van der Waals surface area contributed by atoms with E-state index in [1.165, 1.54) is 19.3 Å². The van der Waals surface area contributed by atoms with E-state index in [0.717, 1.165) is 54.3 Å². The van der Waals surface area contributed by atoms with Gasteiger partial charge in [-0.25, -0.2) is 9.97 Å². The number of fused-ring (bicyclic) bond motifs is 1. The summed E-state index contributed by atoms with van der Waals surface area (Å²) in [7, 11) is 0. The minimum absolute atomic E-state index is 0.172. The first kappa shape index (κ1) is 18.2. The number of hydrogen-bond acceptors (Lipinski definition) is 7. The van der Waals surface area contributed by atoms with Crippen molar-refractivity contribution in [1.82, 2.24) is 19.9 Å². The van der Waals surface area contributed by atoms with Crippen molar-refractivity contribution in [3.8, 4) is 11.4 Å². The number of aromatic nitrogens is 4. The molecule has 2 aliphatic heterocycles. The van der Waals surface area contributed by atoms with Crippen LogP contribution in [0.1, 0.15) is 26.2 Å². The zero-order valence-electron chi connectivity index (χ0n) is 16.8. The minimum Gasteiger partial charge on any atom is -0.399 e. The average Bonchev–Trinajstić information content (AvgIpc) is 3.18. The monoisotopic (exact) mass is 393 g/mol. The van der Waals surface area contributed by atoms with Crippen molar-refractivity contribution >= 4 is 22.5 Å². The van der Waals surface area contributed by atoms with Crippen molar-refractivity contribution in [2.45, 2.75) is 32.3 Å². The standard InChI is InChI=1S/C21H27N7O/c1-15-14-26(11-12-29-15)20-18-13-23-28(27-9-3-2-4-10-27)21(18)25-19(24-20)16-5-7-17(22)8-6-16/h5-8,13,15H,2-4,9-12,14,22H2,1H3. The molecule has 0 saturated carbocycles. The molecule has 2 aromatic heterocycles. The van der Waals surface area contributed by atoms with Gasteiger partial charge in [0.25, 0.3) is 0 Å². The normalized spacial score (nSPS) is 20.4. The maximum Gasteiger partial charge on any atom is 0.186 e. The molecule has 29 heavy (non-hydrogen) atoms. The minimum atomic E-state index is 0.172. The van der Waals surface area contributed by atoms with Crippen LogP contribution < -0.4 is 15.6 Å². The van der Waals surface area contributed by atoms with Gasteiger partial charge in [0, 0.05) is 37.4 Å². The first-order valence-electron chi connectivity index (χ1n) is 10.4. The van der Waals surface area contributed by atoms with Gasteiger partial charge in [0.15, 0.2) is 11.5 Å². The van der Waals surface area contributed by atoms with E-state index in [9.17, 15) is 0 Å². The second kappa shape index (κ2) is 7.51. The molecule has 0 bridgehead atoms. The van der Waals surface area contributed by atoms with Crippen molar-refractivity contribution in [3.63, 3.8) is 0 Å². The Bertz CT molecular complexity index is 994. The van der Waals surface area contributed by atoms with E-state index in [-0.39, 0.29) is 6.10 Å². The second-order valence-corrected chi connectivity index (χ2v) is 7.91. The third-order valence-corrected chi connectivity index (χ3v) is 5.70. The maximum absolute atomic E-state index is 5.88. The van der Waals surface area contributed by atoms with Crippen molar-refractivity contribution in [3.05, 3.63) is 30.5 Å². The van der Waals surface area contributed by atoms with E-state index in [4.69, 9.17) is 25.5 Å². The van der Waals surface area contributed by atoms with Gasteiger partial charge in [0.1, 0.15) is 5.82 Å². The van der Waals surface area contributed by atoms with Gasteiger partial charge in [-0.1, -0.05) is 0 Å². The third kappa shape index (κ3) is 3.48. The average molecular weight is 393 g/mol. The number of nitrogens with two attached hydrogens (primary N) is 1. The molecular formula is C21H27N7O. The largest absolute Gasteiger partial charge is 0.399 e. The van der Waals surface area contributed by atoms with Crippen LogP contribution in [0, 0.1) is 0 Å². The molecule has 1 atom stereocenters. The maximum atomic E-state index is 5.88. The zero-order valence-corrected chi connectivity index (χ0v) is 16.8. The smallest absolute Gasteiger partial charge is 0.186 e. The van der Waals surface area contributed by atoms with Crippen molar-refractivity contribution in [2.24, 2.45) is 0 Å². The van der Waals surface area contributed by atoms with Crippen molar-refractivity contribution in [1.29, 1.82) is 0 Å². The van der Waals surface area contributed by atoms with E-state index >= 15 is 0 Å². The topological polar surface area (TPSA) is 85.3 Å². The Morgan fingerprint density at radius 3 is 2.59 bits per heavy atom. The fourth-order valence-electron chi connectivity index (χ4n) is 4.17. The lowest BCUT2D eigenvalue weighted by Crippen LogP contribution is -2.42. The van der Waals surface area contributed by atoms with E-state index in [0.29, 0.717) is 12.4 Å². The van der Waals surface area contributed by atoms with Gasteiger partial charge >= 0.3 is 0 Å². The van der Waals surface area contributed by atoms with Gasteiger partial charge in [-0.15, -0.1) is 0 Å². The van der Waals surface area contributed by atoms with Crippen LogP contribution in [0.3, 0.4) is 0 Å². The number of morpholine rings is 1. The molecule has 8 nitrogen and oxygen atoms in total. The molecule has 0 radical (unpaired) electrons. The van der Waals surface area contributed by atoms with Gasteiger partial charge in [-0.05, 0) is 50.5 Å². The lowest BCUT2D eigenvalue weighted by atomic mass is 10.2. The number of piperidine rings is 1. The summed E-state index contributed by atoms with van der Waals surface area (Å²) in [5.74, 6) is 1.63. The molecular weight excluding hydrogens is 366 g/mol. The van der Waals surface area contributed by atoms with E-state index < -0.39 is 0 Å². The Morgan fingerprint density at radius 1 is 1.03 bits per heavy atom. The summed E-state index contributed by atoms with van der Waals surface area (Å²) in [5, 5.41) is 7.98. The van der Waals surface area contributed by atoms with Crippen LogP contribution in [0.15, 0.2) is 30.5 Å². The summed E-state index contributed by atoms with van der Waals surface area (Å²) in [5.41, 5.74) is 8.43. The Labute approximate surface area is 170 Å². The first-order chi connectivity index (χ1) is 14.2. The number of rotatable bonds is 3. The van der Waals surface area contributed by atoms with Gasteiger partial charge in [-0.2, -0.15) is 9.89 Å². The fraction of sp³-hybridized carbons (Fsp3) is 0.476. The molecule has 2 fully saturated rings. The Kier molecular flexibility index (Phi) is 4.71. The SMILES string of the molecule is CC1CN(c2nc(-c3ccc(N)cc3)nc3c2cnn3N2CCCCC2)CCO1. The molecule has 4 heterocycles. The van der Waals surface area contributed by atoms with Crippen LogP contribution in [0.2, 0.25) is 0 Å². The highest BCUT2D eigenvalue weighted by atomic mass is 16.5. The third-order valence-electron chi connectivity index (χ3n) is 5.70. The zero-order chi connectivity index (χ0) is 19.8. The molecule has 0 amide bonds. The van der Waals surface area contributed by atoms with Crippen LogP contribution >= 0.6 is 0 Å². The van der Waals surface area contributed by atoms with Crippen molar-refractivity contribution < 1.29 is 4.74 Å². The van der Waals surface area contributed by atoms with Crippen LogP contribution in [-0.2, 0) is 4.74 Å². The van der Waals surface area contributed by atoms with Crippen LogP contribution in [0.25, 0.3) is 22.4 Å². The van der Waals surface area contributed by atoms with Crippen LogP contribution in [0.5, 0.6) is 0 Å². The predicted octanol–water partition coefficient (Wildman–Crippen LogP) is 2.42. The van der Waals surface area contributed by atoms with Gasteiger partial charge in [0.05, 0.1) is 24.3 Å². The highest BCUT2D eigenvalue weighted by molar-refractivity contribution is 5.89. The Hall–Kier alpha value is -2.87. The van der Waals surface area contributed by atoms with E-state index in [2.05, 4.69) is 16.8 Å². The lowest BCUT2D eigenvalue weighted by Gasteiger charge is -2.32. The summed E-state index contributed by atoms with van der Waals surface area (Å²) >= 11 is 0. The summed E-state index contributed by atoms with van der Waals surface area (Å²) in [6.45, 7) is 6.42. The Morgan fingerprint density at radius 2 is 1.83 bits per heavy atom. The highest BCUT2D eigenvalue weighted by Crippen LogP contribution is 2.29. The summed E-state index contributed by atoms with van der Waals surface area (Å²) < 4.78 is 5.74. The summed E-state index contributed by atoms with van der Waals surface area (Å²) in [6.07, 6.45) is 5.73. The summed E-state index contributed by atoms with van der Waals surface area (Å²) in [4.78, 5) is 14.2. The number of nitrogen functional groups attached to an aromatic ring is 1. The molecule has 5 rings (SSSR count). The van der Waals surface area contributed by atoms with Crippen LogP contribution in [-0.4, -0.2) is 58.7 Å². The quantitative estimate of drug-likeness (QED) is 0.684. The highest BCUT2D eigenvalue weighted by Gasteiger charge is 2.24. The Balaban J connectivity index is 1.65. The fourth-order valence-corrected chi connectivity index (χ4v) is 4.17. The predicted molar refractivity (Wildman–Crippen MR) is 115 cm³/mol. The number of nitrogens with zero attached hydrogens (tertiary/aromatic N) is 6. The number of benzene rings is 1. The number of anilines is 2. The molecule has 152 valence electrons. The van der Waals surface area contributed by atoms with Gasteiger partial charge in [0.2, 0.25) is 0 Å². The molecule has 1 unspecified atom stereocenters. The molecule has 2 N–H and O–H groups in total. The van der Waals surface area contributed by atoms with E-state index in [1.807, 2.05) is 35.3 Å². The van der Waals surface area contributed by atoms with E-state index in [1.54, 1.807) is 0 Å². The molecule has 3 aromatic rings. The number of ether oxygens (including phenoxy) is 1. The first-order valence-corrected chi connectivity index (χ1v) is 10.4. The van der Waals surface area contributed by atoms with Gasteiger partial charge in [-0.3, -0.25) is 5.01 Å². The molecule has 0 aliphatic carbocycles. The van der Waals surface area contributed by atoms with Gasteiger partial charge < -0.3 is 15.4 Å².